The van der Waals surface area contributed by atoms with E-state index in [0.29, 0.717) is 17.2 Å². The van der Waals surface area contributed by atoms with Crippen LogP contribution in [0, 0.1) is 5.92 Å². The molecule has 0 atom stereocenters. The highest BCUT2D eigenvalue weighted by atomic mass is 16.5. The van der Waals surface area contributed by atoms with Crippen molar-refractivity contribution in [1.29, 1.82) is 0 Å². The van der Waals surface area contributed by atoms with Gasteiger partial charge in [-0.05, 0) is 85.9 Å². The summed E-state index contributed by atoms with van der Waals surface area (Å²) in [5.41, 5.74) is 1.92. The fourth-order valence-corrected chi connectivity index (χ4v) is 5.38. The second-order valence-corrected chi connectivity index (χ2v) is 10.7. The van der Waals surface area contributed by atoms with Crippen molar-refractivity contribution in [3.63, 3.8) is 0 Å². The molecule has 1 saturated carbocycles. The van der Waals surface area contributed by atoms with Gasteiger partial charge in [0.25, 0.3) is 0 Å². The zero-order chi connectivity index (χ0) is 25.4. The lowest BCUT2D eigenvalue weighted by Gasteiger charge is -2.29. The molecule has 0 spiro atoms. The third-order valence-electron chi connectivity index (χ3n) is 7.73. The molecule has 0 N–H and O–H groups in total. The van der Waals surface area contributed by atoms with Gasteiger partial charge in [0.1, 0.15) is 11.5 Å². The minimum absolute atomic E-state index is 0.325. The Kier molecular flexibility index (Phi) is 12.9. The van der Waals surface area contributed by atoms with E-state index in [1.165, 1.54) is 95.5 Å². The van der Waals surface area contributed by atoms with Crippen molar-refractivity contribution in [1.82, 2.24) is 0 Å². The number of hydrogen-bond acceptors (Lipinski definition) is 3. The van der Waals surface area contributed by atoms with Crippen molar-refractivity contribution in [3.8, 4) is 11.5 Å². The van der Waals surface area contributed by atoms with Crippen LogP contribution in [0.3, 0.4) is 0 Å². The van der Waals surface area contributed by atoms with Crippen LogP contribution >= 0.6 is 0 Å². The average Bonchev–Trinajstić information content (AvgIpc) is 2.91. The Hall–Kier alpha value is -2.29. The average molecular weight is 493 g/mol. The Morgan fingerprint density at radius 2 is 1.28 bits per heavy atom. The van der Waals surface area contributed by atoms with Crippen molar-refractivity contribution in [2.24, 2.45) is 5.92 Å². The molecule has 0 radical (unpaired) electrons. The van der Waals surface area contributed by atoms with Gasteiger partial charge in [-0.3, -0.25) is 0 Å². The fourth-order valence-electron chi connectivity index (χ4n) is 5.38. The molecule has 3 rings (SSSR count). The van der Waals surface area contributed by atoms with Gasteiger partial charge in [-0.1, -0.05) is 90.2 Å². The van der Waals surface area contributed by atoms with Crippen LogP contribution in [0.4, 0.5) is 0 Å². The summed E-state index contributed by atoms with van der Waals surface area (Å²) in [5.74, 6) is 2.66. The van der Waals surface area contributed by atoms with E-state index >= 15 is 0 Å². The Morgan fingerprint density at radius 1 is 0.694 bits per heavy atom. The van der Waals surface area contributed by atoms with Crippen LogP contribution in [-0.2, 0) is 0 Å². The highest BCUT2D eigenvalue weighted by Crippen LogP contribution is 2.38. The minimum Gasteiger partial charge on any atom is -0.494 e. The largest absolute Gasteiger partial charge is 0.494 e. The molecule has 36 heavy (non-hydrogen) atoms. The first-order valence-electron chi connectivity index (χ1n) is 14.7. The summed E-state index contributed by atoms with van der Waals surface area (Å²) in [6.07, 6.45) is 19.6. The van der Waals surface area contributed by atoms with Gasteiger partial charge < -0.3 is 9.47 Å². The maximum Gasteiger partial charge on any atom is 0.343 e. The van der Waals surface area contributed by atoms with E-state index in [-0.39, 0.29) is 5.97 Å². The number of esters is 1. The number of carbonyl (C=O) groups is 1. The molecule has 2 aromatic carbocycles. The Morgan fingerprint density at radius 3 is 1.94 bits per heavy atom. The van der Waals surface area contributed by atoms with Crippen molar-refractivity contribution in [2.45, 2.75) is 116 Å². The van der Waals surface area contributed by atoms with Crippen LogP contribution in [0.5, 0.6) is 11.5 Å². The van der Waals surface area contributed by atoms with E-state index in [2.05, 4.69) is 26.0 Å². The molecule has 0 aliphatic heterocycles. The van der Waals surface area contributed by atoms with Gasteiger partial charge in [-0.2, -0.15) is 0 Å². The van der Waals surface area contributed by atoms with Gasteiger partial charge in [0.2, 0.25) is 0 Å². The van der Waals surface area contributed by atoms with Gasteiger partial charge in [-0.25, -0.2) is 4.79 Å². The second-order valence-electron chi connectivity index (χ2n) is 10.7. The Bertz CT molecular complexity index is 848. The van der Waals surface area contributed by atoms with Crippen LogP contribution in [0.2, 0.25) is 0 Å². The van der Waals surface area contributed by atoms with Crippen LogP contribution in [0.25, 0.3) is 0 Å². The summed E-state index contributed by atoms with van der Waals surface area (Å²) < 4.78 is 11.5. The topological polar surface area (TPSA) is 35.5 Å². The van der Waals surface area contributed by atoms with Gasteiger partial charge in [0, 0.05) is 0 Å². The van der Waals surface area contributed by atoms with Crippen molar-refractivity contribution >= 4 is 5.97 Å². The molecule has 1 aliphatic rings. The SMILES string of the molecule is CCCCCCCCCOc1ccc(C(=O)Oc2ccc(C3CCC(CCCCC)CC3)cc2)cc1. The molecule has 0 heterocycles. The molecular formula is C33H48O3. The van der Waals surface area contributed by atoms with E-state index in [4.69, 9.17) is 9.47 Å². The standard InChI is InChI=1S/C33H48O3/c1-3-5-7-8-9-10-12-26-35-31-22-20-30(21-23-31)33(34)36-32-24-18-29(19-25-32)28-16-14-27(15-17-28)13-11-6-4-2/h18-25,27-28H,3-17,26H2,1-2H3. The molecule has 0 unspecified atom stereocenters. The Balaban J connectivity index is 1.36. The first kappa shape index (κ1) is 28.3. The van der Waals surface area contributed by atoms with Crippen LogP contribution in [0.1, 0.15) is 132 Å². The summed E-state index contributed by atoms with van der Waals surface area (Å²) in [6.45, 7) is 5.25. The van der Waals surface area contributed by atoms with E-state index in [9.17, 15) is 4.79 Å². The molecule has 0 saturated heterocycles. The predicted molar refractivity (Wildman–Crippen MR) is 150 cm³/mol. The van der Waals surface area contributed by atoms with Crippen LogP contribution in [0.15, 0.2) is 48.5 Å². The summed E-state index contributed by atoms with van der Waals surface area (Å²) in [4.78, 5) is 12.6. The number of rotatable bonds is 16. The maximum absolute atomic E-state index is 12.6. The molecule has 0 bridgehead atoms. The zero-order valence-electron chi connectivity index (χ0n) is 22.8. The Labute approximate surface area is 220 Å². The van der Waals surface area contributed by atoms with Crippen molar-refractivity contribution in [3.05, 3.63) is 59.7 Å². The van der Waals surface area contributed by atoms with E-state index in [1.807, 2.05) is 24.3 Å². The summed E-state index contributed by atoms with van der Waals surface area (Å²) in [7, 11) is 0. The first-order chi connectivity index (χ1) is 17.7. The third-order valence-corrected chi connectivity index (χ3v) is 7.73. The predicted octanol–water partition coefficient (Wildman–Crippen LogP) is 9.89. The van der Waals surface area contributed by atoms with Crippen molar-refractivity contribution in [2.75, 3.05) is 6.61 Å². The summed E-state index contributed by atoms with van der Waals surface area (Å²) in [5, 5.41) is 0. The third kappa shape index (κ3) is 9.99. The second kappa shape index (κ2) is 16.5. The lowest BCUT2D eigenvalue weighted by Crippen LogP contribution is -2.13. The highest BCUT2D eigenvalue weighted by molar-refractivity contribution is 5.91. The molecule has 3 nitrogen and oxygen atoms in total. The normalized spacial score (nSPS) is 17.6. The monoisotopic (exact) mass is 492 g/mol. The molecule has 0 amide bonds. The lowest BCUT2D eigenvalue weighted by molar-refractivity contribution is 0.0734. The summed E-state index contributed by atoms with van der Waals surface area (Å²) >= 11 is 0. The summed E-state index contributed by atoms with van der Waals surface area (Å²) in [6, 6.07) is 15.5. The minimum atomic E-state index is -0.325. The molecule has 2 aromatic rings. The molecule has 1 fully saturated rings. The van der Waals surface area contributed by atoms with E-state index < -0.39 is 0 Å². The fraction of sp³-hybridized carbons (Fsp3) is 0.606. The van der Waals surface area contributed by atoms with Crippen LogP contribution < -0.4 is 9.47 Å². The van der Waals surface area contributed by atoms with Gasteiger partial charge in [0.05, 0.1) is 12.2 Å². The molecule has 1 aliphatic carbocycles. The number of unbranched alkanes of at least 4 members (excludes halogenated alkanes) is 8. The quantitative estimate of drug-likeness (QED) is 0.133. The number of ether oxygens (including phenoxy) is 2. The van der Waals surface area contributed by atoms with E-state index in [1.54, 1.807) is 12.1 Å². The number of carbonyl (C=O) groups excluding carboxylic acids is 1. The lowest BCUT2D eigenvalue weighted by atomic mass is 9.77. The van der Waals surface area contributed by atoms with Gasteiger partial charge in [0.15, 0.2) is 0 Å². The van der Waals surface area contributed by atoms with Crippen molar-refractivity contribution < 1.29 is 14.3 Å². The number of benzene rings is 2. The molecule has 3 heteroatoms. The first-order valence-corrected chi connectivity index (χ1v) is 14.7. The molecule has 198 valence electrons. The van der Waals surface area contributed by atoms with Gasteiger partial charge >= 0.3 is 5.97 Å². The smallest absolute Gasteiger partial charge is 0.343 e. The highest BCUT2D eigenvalue weighted by Gasteiger charge is 2.22. The molecular weight excluding hydrogens is 444 g/mol. The number of hydrogen-bond donors (Lipinski definition) is 0. The van der Waals surface area contributed by atoms with E-state index in [0.717, 1.165) is 24.7 Å². The van der Waals surface area contributed by atoms with Gasteiger partial charge in [-0.15, -0.1) is 0 Å². The van der Waals surface area contributed by atoms with Crippen LogP contribution in [-0.4, -0.2) is 12.6 Å². The maximum atomic E-state index is 12.6. The molecule has 0 aromatic heterocycles. The zero-order valence-corrected chi connectivity index (χ0v) is 22.8.